The SMILES string of the molecule is CC(C)CN(c1ccc(N)c(OC(C)C)n1)C(C)C. The van der Waals surface area contributed by atoms with Crippen LogP contribution in [-0.4, -0.2) is 23.7 Å². The lowest BCUT2D eigenvalue weighted by atomic mass is 10.1. The fraction of sp³-hybridized carbons (Fsp3) is 0.667. The average molecular weight is 265 g/mol. The van der Waals surface area contributed by atoms with E-state index in [-0.39, 0.29) is 6.10 Å². The summed E-state index contributed by atoms with van der Waals surface area (Å²) in [6, 6.07) is 4.23. The van der Waals surface area contributed by atoms with Crippen molar-refractivity contribution in [2.24, 2.45) is 5.92 Å². The van der Waals surface area contributed by atoms with Crippen molar-refractivity contribution in [3.8, 4) is 5.88 Å². The summed E-state index contributed by atoms with van der Waals surface area (Å²) in [6.07, 6.45) is 0.0719. The van der Waals surface area contributed by atoms with Crippen LogP contribution in [-0.2, 0) is 0 Å². The summed E-state index contributed by atoms with van der Waals surface area (Å²) in [5.41, 5.74) is 6.50. The summed E-state index contributed by atoms with van der Waals surface area (Å²) < 4.78 is 5.66. The summed E-state index contributed by atoms with van der Waals surface area (Å²) in [5.74, 6) is 2.03. The smallest absolute Gasteiger partial charge is 0.239 e. The Bertz CT molecular complexity index is 402. The van der Waals surface area contributed by atoms with Crippen LogP contribution < -0.4 is 15.4 Å². The van der Waals surface area contributed by atoms with Gasteiger partial charge in [0.05, 0.1) is 11.8 Å². The van der Waals surface area contributed by atoms with Gasteiger partial charge >= 0.3 is 0 Å². The molecule has 0 atom stereocenters. The van der Waals surface area contributed by atoms with E-state index in [0.717, 1.165) is 12.4 Å². The second-order valence-corrected chi connectivity index (χ2v) is 5.87. The van der Waals surface area contributed by atoms with Crippen molar-refractivity contribution in [3.05, 3.63) is 12.1 Å². The topological polar surface area (TPSA) is 51.4 Å². The summed E-state index contributed by atoms with van der Waals surface area (Å²) in [5, 5.41) is 0. The Kier molecular flexibility index (Phi) is 5.45. The number of rotatable bonds is 6. The molecule has 1 aromatic rings. The molecule has 2 N–H and O–H groups in total. The predicted molar refractivity (Wildman–Crippen MR) is 81.7 cm³/mol. The van der Waals surface area contributed by atoms with E-state index in [2.05, 4.69) is 37.6 Å². The first-order valence-electron chi connectivity index (χ1n) is 7.01. The molecule has 4 nitrogen and oxygen atoms in total. The second kappa shape index (κ2) is 6.64. The van der Waals surface area contributed by atoms with Crippen LogP contribution in [0.1, 0.15) is 41.5 Å². The van der Waals surface area contributed by atoms with Crippen molar-refractivity contribution < 1.29 is 4.74 Å². The van der Waals surface area contributed by atoms with Crippen LogP contribution in [0, 0.1) is 5.92 Å². The molecule has 0 fully saturated rings. The molecule has 1 heterocycles. The zero-order valence-corrected chi connectivity index (χ0v) is 13.0. The van der Waals surface area contributed by atoms with Crippen molar-refractivity contribution in [2.45, 2.75) is 53.7 Å². The molecule has 0 radical (unpaired) electrons. The molecule has 0 aromatic carbocycles. The van der Waals surface area contributed by atoms with Gasteiger partial charge in [0.15, 0.2) is 0 Å². The molecule has 0 saturated carbocycles. The van der Waals surface area contributed by atoms with Gasteiger partial charge in [0.2, 0.25) is 5.88 Å². The van der Waals surface area contributed by atoms with Crippen molar-refractivity contribution in [2.75, 3.05) is 17.2 Å². The molecule has 0 aliphatic carbocycles. The molecule has 0 spiro atoms. The van der Waals surface area contributed by atoms with Gasteiger partial charge in [0, 0.05) is 12.6 Å². The number of aromatic nitrogens is 1. The van der Waals surface area contributed by atoms with Gasteiger partial charge in [0.25, 0.3) is 0 Å². The number of nitrogens with zero attached hydrogens (tertiary/aromatic N) is 2. The van der Waals surface area contributed by atoms with E-state index >= 15 is 0 Å². The minimum absolute atomic E-state index is 0.0719. The number of pyridine rings is 1. The van der Waals surface area contributed by atoms with Gasteiger partial charge < -0.3 is 15.4 Å². The Labute approximate surface area is 117 Å². The minimum atomic E-state index is 0.0719. The van der Waals surface area contributed by atoms with E-state index in [0.29, 0.717) is 23.5 Å². The van der Waals surface area contributed by atoms with Crippen molar-refractivity contribution in [1.29, 1.82) is 0 Å². The van der Waals surface area contributed by atoms with Gasteiger partial charge in [-0.1, -0.05) is 13.8 Å². The third kappa shape index (κ3) is 4.62. The average Bonchev–Trinajstić information content (AvgIpc) is 2.28. The zero-order valence-electron chi connectivity index (χ0n) is 13.0. The lowest BCUT2D eigenvalue weighted by Gasteiger charge is -2.30. The maximum Gasteiger partial charge on any atom is 0.239 e. The van der Waals surface area contributed by atoms with Crippen LogP contribution in [0.25, 0.3) is 0 Å². The standard InChI is InChI=1S/C15H27N3O/c1-10(2)9-18(11(3)4)14-8-7-13(16)15(17-14)19-12(5)6/h7-8,10-12H,9,16H2,1-6H3. The summed E-state index contributed by atoms with van der Waals surface area (Å²) in [7, 11) is 0. The number of hydrogen-bond acceptors (Lipinski definition) is 4. The Hall–Kier alpha value is -1.45. The van der Waals surface area contributed by atoms with Crippen LogP contribution in [0.3, 0.4) is 0 Å². The molecular weight excluding hydrogens is 238 g/mol. The largest absolute Gasteiger partial charge is 0.473 e. The van der Waals surface area contributed by atoms with Crippen molar-refractivity contribution in [1.82, 2.24) is 4.98 Å². The van der Waals surface area contributed by atoms with Crippen LogP contribution in [0.4, 0.5) is 11.5 Å². The third-order valence-corrected chi connectivity index (χ3v) is 2.70. The Morgan fingerprint density at radius 1 is 1.16 bits per heavy atom. The van der Waals surface area contributed by atoms with Crippen molar-refractivity contribution in [3.63, 3.8) is 0 Å². The highest BCUT2D eigenvalue weighted by molar-refractivity contribution is 5.55. The molecule has 0 bridgehead atoms. The van der Waals surface area contributed by atoms with E-state index < -0.39 is 0 Å². The molecule has 0 amide bonds. The summed E-state index contributed by atoms with van der Waals surface area (Å²) in [4.78, 5) is 6.84. The Morgan fingerprint density at radius 3 is 2.26 bits per heavy atom. The number of nitrogen functional groups attached to an aromatic ring is 1. The summed E-state index contributed by atoms with van der Waals surface area (Å²) in [6.45, 7) is 13.7. The number of hydrogen-bond donors (Lipinski definition) is 1. The molecule has 19 heavy (non-hydrogen) atoms. The van der Waals surface area contributed by atoms with Gasteiger partial charge in [-0.25, -0.2) is 0 Å². The van der Waals surface area contributed by atoms with Crippen molar-refractivity contribution >= 4 is 11.5 Å². The monoisotopic (exact) mass is 265 g/mol. The maximum absolute atomic E-state index is 5.91. The first kappa shape index (κ1) is 15.6. The van der Waals surface area contributed by atoms with Gasteiger partial charge in [0.1, 0.15) is 5.82 Å². The Balaban J connectivity index is 3.03. The zero-order chi connectivity index (χ0) is 14.6. The van der Waals surface area contributed by atoms with E-state index in [1.54, 1.807) is 0 Å². The lowest BCUT2D eigenvalue weighted by Crippen LogP contribution is -2.34. The highest BCUT2D eigenvalue weighted by Crippen LogP contribution is 2.25. The first-order chi connectivity index (χ1) is 8.81. The van der Waals surface area contributed by atoms with Gasteiger partial charge in [-0.2, -0.15) is 4.98 Å². The molecular formula is C15H27N3O. The molecule has 1 rings (SSSR count). The molecule has 0 unspecified atom stereocenters. The molecule has 0 aliphatic rings. The van der Waals surface area contributed by atoms with Gasteiger partial charge in [-0.3, -0.25) is 0 Å². The van der Waals surface area contributed by atoms with Crippen LogP contribution in [0.5, 0.6) is 5.88 Å². The van der Waals surface area contributed by atoms with Crippen LogP contribution >= 0.6 is 0 Å². The molecule has 0 aliphatic heterocycles. The lowest BCUT2D eigenvalue weighted by molar-refractivity contribution is 0.234. The van der Waals surface area contributed by atoms with Crippen LogP contribution in [0.2, 0.25) is 0 Å². The predicted octanol–water partition coefficient (Wildman–Crippen LogP) is 3.32. The first-order valence-corrected chi connectivity index (χ1v) is 7.01. The van der Waals surface area contributed by atoms with E-state index in [1.165, 1.54) is 0 Å². The molecule has 108 valence electrons. The normalized spacial score (nSPS) is 11.4. The fourth-order valence-electron chi connectivity index (χ4n) is 1.88. The quantitative estimate of drug-likeness (QED) is 0.857. The second-order valence-electron chi connectivity index (χ2n) is 5.87. The Morgan fingerprint density at radius 2 is 1.79 bits per heavy atom. The molecule has 4 heteroatoms. The summed E-state index contributed by atoms with van der Waals surface area (Å²) >= 11 is 0. The van der Waals surface area contributed by atoms with E-state index in [4.69, 9.17) is 10.5 Å². The molecule has 1 aromatic heterocycles. The molecule has 0 saturated heterocycles. The highest BCUT2D eigenvalue weighted by Gasteiger charge is 2.16. The van der Waals surface area contributed by atoms with Crippen LogP contribution in [0.15, 0.2) is 12.1 Å². The number of anilines is 2. The number of nitrogens with two attached hydrogens (primary N) is 1. The number of ether oxygens (including phenoxy) is 1. The maximum atomic E-state index is 5.91. The minimum Gasteiger partial charge on any atom is -0.473 e. The van der Waals surface area contributed by atoms with Gasteiger partial charge in [-0.05, 0) is 45.7 Å². The highest BCUT2D eigenvalue weighted by atomic mass is 16.5. The fourth-order valence-corrected chi connectivity index (χ4v) is 1.88. The third-order valence-electron chi connectivity index (χ3n) is 2.70. The van der Waals surface area contributed by atoms with E-state index in [1.807, 2.05) is 26.0 Å². The van der Waals surface area contributed by atoms with E-state index in [9.17, 15) is 0 Å². The van der Waals surface area contributed by atoms with Gasteiger partial charge in [-0.15, -0.1) is 0 Å².